The van der Waals surface area contributed by atoms with Gasteiger partial charge in [-0.3, -0.25) is 0 Å². The van der Waals surface area contributed by atoms with E-state index in [9.17, 15) is 0 Å². The van der Waals surface area contributed by atoms with Crippen LogP contribution in [0.3, 0.4) is 0 Å². The second-order valence-electron chi connectivity index (χ2n) is 4.06. The molecule has 0 fully saturated rings. The molecule has 0 spiro atoms. The van der Waals surface area contributed by atoms with E-state index in [1.54, 1.807) is 0 Å². The van der Waals surface area contributed by atoms with Gasteiger partial charge in [-0.15, -0.1) is 0 Å². The van der Waals surface area contributed by atoms with E-state index in [0.29, 0.717) is 0 Å². The zero-order chi connectivity index (χ0) is 9.90. The molecule has 1 aromatic heterocycles. The SMILES string of the molecule is CNC(C)(C)CN(C)c1cc[nH]c1. The average molecular weight is 181 g/mol. The molecule has 0 saturated carbocycles. The van der Waals surface area contributed by atoms with E-state index in [1.165, 1.54) is 5.69 Å². The second-order valence-corrected chi connectivity index (χ2v) is 4.06. The van der Waals surface area contributed by atoms with Crippen LogP contribution in [0.2, 0.25) is 0 Å². The highest BCUT2D eigenvalue weighted by molar-refractivity contribution is 5.43. The van der Waals surface area contributed by atoms with Gasteiger partial charge >= 0.3 is 0 Å². The minimum Gasteiger partial charge on any atom is -0.372 e. The number of nitrogens with one attached hydrogen (secondary N) is 2. The summed E-state index contributed by atoms with van der Waals surface area (Å²) in [6, 6.07) is 2.08. The Bertz CT molecular complexity index is 239. The van der Waals surface area contributed by atoms with Crippen LogP contribution in [0.1, 0.15) is 13.8 Å². The highest BCUT2D eigenvalue weighted by atomic mass is 15.1. The van der Waals surface area contributed by atoms with Crippen molar-refractivity contribution in [2.75, 3.05) is 25.5 Å². The van der Waals surface area contributed by atoms with Gasteiger partial charge in [0.1, 0.15) is 0 Å². The molecule has 0 unspecified atom stereocenters. The lowest BCUT2D eigenvalue weighted by Crippen LogP contribution is -2.46. The molecule has 1 heterocycles. The van der Waals surface area contributed by atoms with Gasteiger partial charge in [0.25, 0.3) is 0 Å². The third-order valence-corrected chi connectivity index (χ3v) is 2.33. The van der Waals surface area contributed by atoms with Crippen molar-refractivity contribution in [1.82, 2.24) is 10.3 Å². The van der Waals surface area contributed by atoms with Crippen LogP contribution in [-0.2, 0) is 0 Å². The van der Waals surface area contributed by atoms with Crippen molar-refractivity contribution >= 4 is 5.69 Å². The summed E-state index contributed by atoms with van der Waals surface area (Å²) in [7, 11) is 4.09. The van der Waals surface area contributed by atoms with Gasteiger partial charge < -0.3 is 15.2 Å². The van der Waals surface area contributed by atoms with Crippen LogP contribution in [0.15, 0.2) is 18.5 Å². The predicted octanol–water partition coefficient (Wildman–Crippen LogP) is 1.45. The first-order valence-electron chi connectivity index (χ1n) is 4.58. The number of H-pyrrole nitrogens is 1. The van der Waals surface area contributed by atoms with Crippen molar-refractivity contribution in [3.63, 3.8) is 0 Å². The molecule has 3 heteroatoms. The summed E-state index contributed by atoms with van der Waals surface area (Å²) in [6.07, 6.45) is 3.95. The van der Waals surface area contributed by atoms with Gasteiger partial charge in [-0.2, -0.15) is 0 Å². The fourth-order valence-electron chi connectivity index (χ4n) is 1.32. The number of aromatic amines is 1. The Morgan fingerprint density at radius 1 is 1.54 bits per heavy atom. The lowest BCUT2D eigenvalue weighted by molar-refractivity contribution is 0.428. The Labute approximate surface area is 80.1 Å². The highest BCUT2D eigenvalue weighted by Crippen LogP contribution is 2.13. The molecule has 1 rings (SSSR count). The maximum atomic E-state index is 3.28. The number of likely N-dealkylation sites (N-methyl/N-ethyl adjacent to an activating group) is 2. The van der Waals surface area contributed by atoms with Crippen molar-refractivity contribution < 1.29 is 0 Å². The summed E-state index contributed by atoms with van der Waals surface area (Å²) in [5, 5.41) is 3.28. The molecule has 0 bridgehead atoms. The van der Waals surface area contributed by atoms with E-state index in [2.05, 4.69) is 42.2 Å². The number of anilines is 1. The largest absolute Gasteiger partial charge is 0.372 e. The van der Waals surface area contributed by atoms with E-state index < -0.39 is 0 Å². The molecule has 0 amide bonds. The van der Waals surface area contributed by atoms with E-state index in [0.717, 1.165) is 6.54 Å². The van der Waals surface area contributed by atoms with Crippen LogP contribution in [0, 0.1) is 0 Å². The number of nitrogens with zero attached hydrogens (tertiary/aromatic N) is 1. The molecule has 74 valence electrons. The third-order valence-electron chi connectivity index (χ3n) is 2.33. The van der Waals surface area contributed by atoms with E-state index in [-0.39, 0.29) is 5.54 Å². The Morgan fingerprint density at radius 3 is 2.69 bits per heavy atom. The molecule has 0 aliphatic carbocycles. The standard InChI is InChI=1S/C10H19N3/c1-10(2,11-3)8-13(4)9-5-6-12-7-9/h5-7,11-12H,8H2,1-4H3. The topological polar surface area (TPSA) is 31.1 Å². The lowest BCUT2D eigenvalue weighted by Gasteiger charge is -2.30. The number of rotatable bonds is 4. The summed E-state index contributed by atoms with van der Waals surface area (Å²) in [5.41, 5.74) is 1.37. The van der Waals surface area contributed by atoms with Gasteiger partial charge in [-0.1, -0.05) is 0 Å². The van der Waals surface area contributed by atoms with Crippen LogP contribution in [0.5, 0.6) is 0 Å². The number of hydrogen-bond donors (Lipinski definition) is 2. The van der Waals surface area contributed by atoms with Crippen LogP contribution in [-0.4, -0.2) is 31.2 Å². The van der Waals surface area contributed by atoms with Gasteiger partial charge in [0.2, 0.25) is 0 Å². The van der Waals surface area contributed by atoms with Crippen LogP contribution in [0.4, 0.5) is 5.69 Å². The normalized spacial score (nSPS) is 11.7. The molecule has 0 aromatic carbocycles. The van der Waals surface area contributed by atoms with Crippen molar-refractivity contribution in [2.24, 2.45) is 0 Å². The summed E-state index contributed by atoms with van der Waals surface area (Å²) in [6.45, 7) is 5.37. The monoisotopic (exact) mass is 181 g/mol. The van der Waals surface area contributed by atoms with Crippen LogP contribution in [0.25, 0.3) is 0 Å². The first-order valence-corrected chi connectivity index (χ1v) is 4.58. The van der Waals surface area contributed by atoms with Gasteiger partial charge in [0, 0.05) is 31.5 Å². The summed E-state index contributed by atoms with van der Waals surface area (Å²) in [4.78, 5) is 5.28. The Kier molecular flexibility index (Phi) is 2.98. The average Bonchev–Trinajstić information content (AvgIpc) is 2.55. The van der Waals surface area contributed by atoms with Gasteiger partial charge in [-0.05, 0) is 27.0 Å². The van der Waals surface area contributed by atoms with Gasteiger partial charge in [0.15, 0.2) is 0 Å². The Hall–Kier alpha value is -0.960. The molecule has 2 N–H and O–H groups in total. The lowest BCUT2D eigenvalue weighted by atomic mass is 10.1. The van der Waals surface area contributed by atoms with Crippen LogP contribution < -0.4 is 10.2 Å². The number of hydrogen-bond acceptors (Lipinski definition) is 2. The summed E-state index contributed by atoms with van der Waals surface area (Å²) >= 11 is 0. The Balaban J connectivity index is 2.56. The maximum absolute atomic E-state index is 3.28. The molecule has 1 aromatic rings. The molecular formula is C10H19N3. The fourth-order valence-corrected chi connectivity index (χ4v) is 1.32. The molecule has 3 nitrogen and oxygen atoms in total. The molecule has 0 saturated heterocycles. The van der Waals surface area contributed by atoms with Crippen LogP contribution >= 0.6 is 0 Å². The van der Waals surface area contributed by atoms with Crippen molar-refractivity contribution in [3.05, 3.63) is 18.5 Å². The molecule has 13 heavy (non-hydrogen) atoms. The Morgan fingerprint density at radius 2 is 2.23 bits per heavy atom. The zero-order valence-electron chi connectivity index (χ0n) is 8.89. The highest BCUT2D eigenvalue weighted by Gasteiger charge is 2.17. The predicted molar refractivity (Wildman–Crippen MR) is 57.2 cm³/mol. The first-order chi connectivity index (χ1) is 6.05. The number of aromatic nitrogens is 1. The van der Waals surface area contributed by atoms with Gasteiger partial charge in [0.05, 0.1) is 5.69 Å². The minimum absolute atomic E-state index is 0.145. The quantitative estimate of drug-likeness (QED) is 0.736. The molecule has 0 radical (unpaired) electrons. The van der Waals surface area contributed by atoms with Crippen molar-refractivity contribution in [3.8, 4) is 0 Å². The van der Waals surface area contributed by atoms with E-state index >= 15 is 0 Å². The molecule has 0 aliphatic rings. The molecule has 0 aliphatic heterocycles. The fraction of sp³-hybridized carbons (Fsp3) is 0.600. The third kappa shape index (κ3) is 2.77. The first kappa shape index (κ1) is 10.1. The van der Waals surface area contributed by atoms with Crippen molar-refractivity contribution in [1.29, 1.82) is 0 Å². The molecule has 0 atom stereocenters. The summed E-state index contributed by atoms with van der Waals surface area (Å²) in [5.74, 6) is 0. The van der Waals surface area contributed by atoms with E-state index in [4.69, 9.17) is 0 Å². The van der Waals surface area contributed by atoms with Gasteiger partial charge in [-0.25, -0.2) is 0 Å². The maximum Gasteiger partial charge on any atom is 0.0541 e. The second kappa shape index (κ2) is 3.83. The van der Waals surface area contributed by atoms with Crippen molar-refractivity contribution in [2.45, 2.75) is 19.4 Å². The smallest absolute Gasteiger partial charge is 0.0541 e. The zero-order valence-corrected chi connectivity index (χ0v) is 8.89. The molecular weight excluding hydrogens is 162 g/mol. The summed E-state index contributed by atoms with van der Waals surface area (Å²) < 4.78 is 0. The minimum atomic E-state index is 0.145. The van der Waals surface area contributed by atoms with E-state index in [1.807, 2.05) is 19.4 Å².